The lowest BCUT2D eigenvalue weighted by atomic mass is 9.74. The Labute approximate surface area is 173 Å². The van der Waals surface area contributed by atoms with E-state index in [4.69, 9.17) is 14.2 Å². The number of ether oxygens (including phenoxy) is 3. The van der Waals surface area contributed by atoms with E-state index >= 15 is 0 Å². The van der Waals surface area contributed by atoms with Crippen molar-refractivity contribution >= 4 is 6.09 Å². The minimum Gasteiger partial charge on any atom is -0.497 e. The highest BCUT2D eigenvalue weighted by atomic mass is 16.6. The van der Waals surface area contributed by atoms with Crippen molar-refractivity contribution in [3.05, 3.63) is 23.8 Å². The summed E-state index contributed by atoms with van der Waals surface area (Å²) in [6, 6.07) is 8.14. The summed E-state index contributed by atoms with van der Waals surface area (Å²) in [5.74, 6) is 1.47. The average molecular weight is 404 g/mol. The number of piperidine rings is 1. The van der Waals surface area contributed by atoms with Crippen LogP contribution in [0.2, 0.25) is 0 Å². The summed E-state index contributed by atoms with van der Waals surface area (Å²) in [6.07, 6.45) is 0.958. The Balaban J connectivity index is 2.12. The predicted molar refractivity (Wildman–Crippen MR) is 111 cm³/mol. The maximum absolute atomic E-state index is 12.5. The summed E-state index contributed by atoms with van der Waals surface area (Å²) in [5.41, 5.74) is -0.237. The van der Waals surface area contributed by atoms with E-state index < -0.39 is 11.0 Å². The molecule has 0 saturated carbocycles. The number of methoxy groups -OCH3 is 2. The molecule has 1 N–H and O–H groups in total. The summed E-state index contributed by atoms with van der Waals surface area (Å²) in [5, 5.41) is 13.5. The molecular formula is C22H33N3O4. The molecule has 0 spiro atoms. The zero-order valence-electron chi connectivity index (χ0n) is 18.4. The van der Waals surface area contributed by atoms with Crippen molar-refractivity contribution in [3.63, 3.8) is 0 Å². The summed E-state index contributed by atoms with van der Waals surface area (Å²) in [7, 11) is 3.25. The molecule has 1 aromatic carbocycles. The molecule has 1 aliphatic rings. The lowest BCUT2D eigenvalue weighted by Gasteiger charge is -2.44. The molecule has 0 aromatic heterocycles. The first-order chi connectivity index (χ1) is 13.7. The molecule has 29 heavy (non-hydrogen) atoms. The molecule has 2 rings (SSSR count). The average Bonchev–Trinajstić information content (AvgIpc) is 2.70. The van der Waals surface area contributed by atoms with E-state index in [0.29, 0.717) is 32.5 Å². The van der Waals surface area contributed by atoms with Gasteiger partial charge in [-0.1, -0.05) is 13.0 Å². The molecule has 1 amide bonds. The number of likely N-dealkylation sites (tertiary alicyclic amines) is 1. The van der Waals surface area contributed by atoms with Gasteiger partial charge in [0.1, 0.15) is 17.1 Å². The van der Waals surface area contributed by atoms with Gasteiger partial charge in [-0.15, -0.1) is 0 Å². The van der Waals surface area contributed by atoms with Crippen LogP contribution in [0.25, 0.3) is 0 Å². The van der Waals surface area contributed by atoms with Gasteiger partial charge in [0, 0.05) is 37.3 Å². The van der Waals surface area contributed by atoms with Crippen LogP contribution in [0.15, 0.2) is 18.2 Å². The second-order valence-electron chi connectivity index (χ2n) is 8.42. The fourth-order valence-corrected chi connectivity index (χ4v) is 3.65. The number of carbonyl (C=O) groups is 1. The number of nitriles is 1. The van der Waals surface area contributed by atoms with Crippen molar-refractivity contribution in [1.82, 2.24) is 10.2 Å². The van der Waals surface area contributed by atoms with E-state index in [-0.39, 0.29) is 12.1 Å². The van der Waals surface area contributed by atoms with Crippen molar-refractivity contribution in [1.29, 1.82) is 5.26 Å². The van der Waals surface area contributed by atoms with Crippen molar-refractivity contribution in [2.24, 2.45) is 5.41 Å². The Kier molecular flexibility index (Phi) is 7.37. The van der Waals surface area contributed by atoms with E-state index in [1.165, 1.54) is 0 Å². The van der Waals surface area contributed by atoms with Gasteiger partial charge in [-0.05, 0) is 39.7 Å². The highest BCUT2D eigenvalue weighted by Crippen LogP contribution is 2.34. The number of hydrogen-bond donors (Lipinski definition) is 1. The molecule has 1 saturated heterocycles. The summed E-state index contributed by atoms with van der Waals surface area (Å²) in [6.45, 7) is 9.00. The monoisotopic (exact) mass is 403 g/mol. The number of rotatable bonds is 6. The number of carbonyl (C=O) groups excluding carboxylic acids is 1. The Morgan fingerprint density at radius 3 is 2.62 bits per heavy atom. The van der Waals surface area contributed by atoms with Gasteiger partial charge >= 0.3 is 6.09 Å². The van der Waals surface area contributed by atoms with Crippen molar-refractivity contribution < 1.29 is 19.0 Å². The van der Waals surface area contributed by atoms with Gasteiger partial charge in [-0.25, -0.2) is 4.79 Å². The molecule has 1 aliphatic heterocycles. The predicted octanol–water partition coefficient (Wildman–Crippen LogP) is 3.72. The van der Waals surface area contributed by atoms with E-state index in [1.807, 2.05) is 45.9 Å². The molecule has 7 heteroatoms. The lowest BCUT2D eigenvalue weighted by molar-refractivity contribution is 0.00465. The van der Waals surface area contributed by atoms with Crippen LogP contribution in [0.5, 0.6) is 11.5 Å². The Hall–Kier alpha value is -2.46. The second kappa shape index (κ2) is 9.36. The zero-order valence-corrected chi connectivity index (χ0v) is 18.4. The van der Waals surface area contributed by atoms with Crippen LogP contribution >= 0.6 is 0 Å². The van der Waals surface area contributed by atoms with Gasteiger partial charge in [0.15, 0.2) is 0 Å². The number of nitrogens with one attached hydrogen (secondary N) is 1. The van der Waals surface area contributed by atoms with Crippen LogP contribution in [0.3, 0.4) is 0 Å². The fraction of sp³-hybridized carbons (Fsp3) is 0.636. The third-order valence-electron chi connectivity index (χ3n) is 5.37. The van der Waals surface area contributed by atoms with Gasteiger partial charge in [0.25, 0.3) is 0 Å². The number of hydrogen-bond acceptors (Lipinski definition) is 6. The summed E-state index contributed by atoms with van der Waals surface area (Å²) < 4.78 is 16.2. The third-order valence-corrected chi connectivity index (χ3v) is 5.37. The molecule has 160 valence electrons. The van der Waals surface area contributed by atoms with Crippen LogP contribution in [0.4, 0.5) is 4.79 Å². The van der Waals surface area contributed by atoms with E-state index in [9.17, 15) is 10.1 Å². The topological polar surface area (TPSA) is 83.8 Å². The number of benzene rings is 1. The third kappa shape index (κ3) is 5.54. The first kappa shape index (κ1) is 22.8. The van der Waals surface area contributed by atoms with Crippen molar-refractivity contribution in [3.8, 4) is 17.6 Å². The molecule has 7 nitrogen and oxygen atoms in total. The normalized spacial score (nSPS) is 22.0. The number of nitrogens with zero attached hydrogens (tertiary/aromatic N) is 2. The lowest BCUT2D eigenvalue weighted by Crippen LogP contribution is -2.57. The maximum atomic E-state index is 12.5. The van der Waals surface area contributed by atoms with Gasteiger partial charge in [0.2, 0.25) is 0 Å². The van der Waals surface area contributed by atoms with Crippen LogP contribution in [0.1, 0.15) is 46.1 Å². The second-order valence-corrected chi connectivity index (χ2v) is 8.42. The van der Waals surface area contributed by atoms with E-state index in [1.54, 1.807) is 19.1 Å². The van der Waals surface area contributed by atoms with Crippen LogP contribution in [-0.2, 0) is 11.3 Å². The molecule has 0 bridgehead atoms. The molecule has 0 radical (unpaired) electrons. The highest BCUT2D eigenvalue weighted by Gasteiger charge is 2.44. The van der Waals surface area contributed by atoms with Crippen LogP contribution in [-0.4, -0.2) is 49.9 Å². The van der Waals surface area contributed by atoms with Gasteiger partial charge in [-0.2, -0.15) is 5.26 Å². The van der Waals surface area contributed by atoms with Gasteiger partial charge in [0.05, 0.1) is 25.7 Å². The van der Waals surface area contributed by atoms with Gasteiger partial charge < -0.3 is 24.4 Å². The molecule has 0 aliphatic carbocycles. The largest absolute Gasteiger partial charge is 0.497 e. The zero-order chi connectivity index (χ0) is 21.7. The molecular weight excluding hydrogens is 370 g/mol. The van der Waals surface area contributed by atoms with Gasteiger partial charge in [-0.3, -0.25) is 0 Å². The van der Waals surface area contributed by atoms with Crippen molar-refractivity contribution in [2.45, 2.75) is 58.7 Å². The first-order valence-electron chi connectivity index (χ1n) is 10.0. The molecule has 2 atom stereocenters. The summed E-state index contributed by atoms with van der Waals surface area (Å²) >= 11 is 0. The van der Waals surface area contributed by atoms with E-state index in [2.05, 4.69) is 11.4 Å². The fourth-order valence-electron chi connectivity index (χ4n) is 3.65. The maximum Gasteiger partial charge on any atom is 0.410 e. The first-order valence-corrected chi connectivity index (χ1v) is 10.0. The minimum atomic E-state index is -0.672. The molecule has 1 heterocycles. The highest BCUT2D eigenvalue weighted by molar-refractivity contribution is 5.68. The Morgan fingerprint density at radius 1 is 1.34 bits per heavy atom. The van der Waals surface area contributed by atoms with Crippen LogP contribution < -0.4 is 14.8 Å². The SMILES string of the molecule is CCC1(C#N)CN(C(=O)OC(C)(C)C)CCC1NCc1ccc(OC)cc1OC. The standard InChI is InChI=1S/C22H33N3O4/c1-7-22(14-23)15-25(20(26)29-21(2,3)4)11-10-19(22)24-13-16-8-9-17(27-5)12-18(16)28-6/h8-9,12,19,24H,7,10-11,13,15H2,1-6H3. The molecule has 2 unspecified atom stereocenters. The minimum absolute atomic E-state index is 0.0389. The smallest absolute Gasteiger partial charge is 0.410 e. The van der Waals surface area contributed by atoms with Crippen LogP contribution in [0, 0.1) is 16.7 Å². The molecule has 1 aromatic rings. The quantitative estimate of drug-likeness (QED) is 0.779. The van der Waals surface area contributed by atoms with Crippen molar-refractivity contribution in [2.75, 3.05) is 27.3 Å². The number of amides is 1. The molecule has 1 fully saturated rings. The Morgan fingerprint density at radius 2 is 2.07 bits per heavy atom. The van der Waals surface area contributed by atoms with E-state index in [0.717, 1.165) is 17.1 Å². The summed E-state index contributed by atoms with van der Waals surface area (Å²) in [4.78, 5) is 14.2. The Bertz CT molecular complexity index is 753.